The molecule has 1 heterocycles. The molecule has 3 atom stereocenters. The Morgan fingerprint density at radius 2 is 1.67 bits per heavy atom. The second-order valence-electron chi connectivity index (χ2n) is 13.6. The highest BCUT2D eigenvalue weighted by Gasteiger charge is 2.41. The molecule has 1 aromatic carbocycles. The molecule has 1 aromatic rings. The number of carboxylic acids is 2. The molecule has 3 unspecified atom stereocenters. The Balaban J connectivity index is 0.00000133. The molecule has 49 heavy (non-hydrogen) atoms. The minimum Gasteiger partial charge on any atom is -0.491 e. The number of rotatable bonds is 18. The highest BCUT2D eigenvalue weighted by Crippen LogP contribution is 2.33. The third-order valence-electron chi connectivity index (χ3n) is 8.24. The molecule has 1 aliphatic heterocycles. The Bertz CT molecular complexity index is 1280. The van der Waals surface area contributed by atoms with Gasteiger partial charge in [-0.2, -0.15) is 0 Å². The number of nitrogens with one attached hydrogen (secondary N) is 1. The lowest BCUT2D eigenvalue weighted by molar-refractivity contribution is -0.134. The van der Waals surface area contributed by atoms with Crippen LogP contribution in [0.4, 0.5) is 5.69 Å². The van der Waals surface area contributed by atoms with Crippen LogP contribution in [0.15, 0.2) is 36.4 Å². The fourth-order valence-corrected chi connectivity index (χ4v) is 4.92. The van der Waals surface area contributed by atoms with Crippen molar-refractivity contribution in [2.45, 2.75) is 72.1 Å². The summed E-state index contributed by atoms with van der Waals surface area (Å²) in [6, 6.07) is 6.82. The fraction of sp³-hybridized carbons (Fsp3) is 0.618. The molecule has 0 saturated carbocycles. The summed E-state index contributed by atoms with van der Waals surface area (Å²) in [5.41, 5.74) is 11.3. The van der Waals surface area contributed by atoms with E-state index in [9.17, 15) is 29.1 Å². The molecule has 0 bridgehead atoms. The number of carboxylic acid groups (broad SMARTS) is 2. The largest absolute Gasteiger partial charge is 0.491 e. The van der Waals surface area contributed by atoms with E-state index in [2.05, 4.69) is 5.32 Å². The van der Waals surface area contributed by atoms with Crippen molar-refractivity contribution in [3.05, 3.63) is 36.4 Å². The van der Waals surface area contributed by atoms with Crippen LogP contribution in [0.5, 0.6) is 5.75 Å². The van der Waals surface area contributed by atoms with E-state index in [4.69, 9.17) is 31.2 Å². The minimum atomic E-state index is -1.26. The summed E-state index contributed by atoms with van der Waals surface area (Å²) in [7, 11) is 1.65. The van der Waals surface area contributed by atoms with Crippen LogP contribution in [-0.2, 0) is 28.7 Å². The van der Waals surface area contributed by atoms with E-state index in [1.807, 2.05) is 56.9 Å². The highest BCUT2D eigenvalue weighted by atomic mass is 16.5. The zero-order valence-electron chi connectivity index (χ0n) is 29.7. The number of primary amides is 1. The van der Waals surface area contributed by atoms with E-state index in [-0.39, 0.29) is 43.8 Å². The molecular weight excluding hydrogens is 638 g/mol. The molecule has 0 aromatic heterocycles. The lowest BCUT2D eigenvalue weighted by atomic mass is 9.86. The van der Waals surface area contributed by atoms with Crippen molar-refractivity contribution in [2.75, 3.05) is 51.4 Å². The third kappa shape index (κ3) is 14.5. The van der Waals surface area contributed by atoms with Gasteiger partial charge in [-0.15, -0.1) is 0 Å². The van der Waals surface area contributed by atoms with Gasteiger partial charge in [0.2, 0.25) is 17.7 Å². The Morgan fingerprint density at radius 3 is 2.20 bits per heavy atom. The normalized spacial score (nSPS) is 16.8. The number of nitrogens with zero attached hydrogens (tertiary/aromatic N) is 2. The number of aliphatic hydroxyl groups excluding tert-OH is 1. The number of carbonyl (C=O) groups excluding carboxylic acids is 3. The van der Waals surface area contributed by atoms with E-state index in [1.165, 1.54) is 0 Å². The molecule has 1 aliphatic rings. The molecule has 15 heteroatoms. The molecule has 3 amide bonds. The van der Waals surface area contributed by atoms with Gasteiger partial charge in [-0.25, -0.2) is 9.59 Å². The molecular formula is C34H55N5O10. The van der Waals surface area contributed by atoms with E-state index in [1.54, 1.807) is 25.9 Å². The van der Waals surface area contributed by atoms with Gasteiger partial charge in [0.25, 0.3) is 0 Å². The van der Waals surface area contributed by atoms with E-state index < -0.39 is 46.9 Å². The van der Waals surface area contributed by atoms with Crippen molar-refractivity contribution >= 4 is 35.3 Å². The average Bonchev–Trinajstić information content (AvgIpc) is 3.01. The van der Waals surface area contributed by atoms with Crippen molar-refractivity contribution in [1.82, 2.24) is 10.2 Å². The Hall–Kier alpha value is -4.05. The van der Waals surface area contributed by atoms with Crippen LogP contribution in [0.1, 0.15) is 54.4 Å². The van der Waals surface area contributed by atoms with Crippen molar-refractivity contribution in [3.8, 4) is 5.75 Å². The van der Waals surface area contributed by atoms with Crippen molar-refractivity contribution < 1.29 is 48.8 Å². The van der Waals surface area contributed by atoms with Gasteiger partial charge in [0.15, 0.2) is 0 Å². The minimum absolute atomic E-state index is 0.0631. The van der Waals surface area contributed by atoms with Crippen LogP contribution in [-0.4, -0.2) is 114 Å². The first-order chi connectivity index (χ1) is 22.7. The molecule has 15 nitrogen and oxygen atoms in total. The van der Waals surface area contributed by atoms with Crippen LogP contribution >= 0.6 is 0 Å². The molecule has 2 rings (SSSR count). The van der Waals surface area contributed by atoms with Crippen molar-refractivity contribution in [1.29, 1.82) is 0 Å². The number of para-hydroxylation sites is 2. The SMILES string of the molecule is COCCCOc1ccccc1N1CC(C)(C)N(CC(N)C(O)CC(C(=O)NCC(C)(C)C(N)=O)C(C)C)CC1=O.O=C(O)/C=C/C(=O)O. The topological polar surface area (TPSA) is 235 Å². The van der Waals surface area contributed by atoms with Gasteiger partial charge in [0, 0.05) is 69.4 Å². The van der Waals surface area contributed by atoms with Crippen molar-refractivity contribution in [3.63, 3.8) is 0 Å². The molecule has 1 fully saturated rings. The summed E-state index contributed by atoms with van der Waals surface area (Å²) in [4.78, 5) is 60.8. The summed E-state index contributed by atoms with van der Waals surface area (Å²) >= 11 is 0. The lowest BCUT2D eigenvalue weighted by Crippen LogP contribution is -2.64. The second-order valence-corrected chi connectivity index (χ2v) is 13.6. The predicted molar refractivity (Wildman–Crippen MR) is 184 cm³/mol. The van der Waals surface area contributed by atoms with Gasteiger partial charge in [0.1, 0.15) is 5.75 Å². The number of hydrogen-bond donors (Lipinski definition) is 6. The number of aliphatic carboxylic acids is 2. The number of amides is 3. The number of methoxy groups -OCH3 is 1. The molecule has 0 spiro atoms. The maximum atomic E-state index is 13.3. The number of nitrogens with two attached hydrogens (primary N) is 2. The van der Waals surface area contributed by atoms with E-state index in [0.717, 1.165) is 12.1 Å². The molecule has 8 N–H and O–H groups in total. The Labute approximate surface area is 288 Å². The number of anilines is 1. The van der Waals surface area contributed by atoms with E-state index in [0.29, 0.717) is 37.7 Å². The zero-order valence-corrected chi connectivity index (χ0v) is 29.7. The van der Waals surface area contributed by atoms with Crippen molar-refractivity contribution in [2.24, 2.45) is 28.7 Å². The van der Waals surface area contributed by atoms with Gasteiger partial charge in [-0.1, -0.05) is 26.0 Å². The van der Waals surface area contributed by atoms with Crippen LogP contribution in [0, 0.1) is 17.3 Å². The molecule has 1 saturated heterocycles. The molecule has 276 valence electrons. The third-order valence-corrected chi connectivity index (χ3v) is 8.24. The number of benzene rings is 1. The number of carbonyl (C=O) groups is 5. The smallest absolute Gasteiger partial charge is 0.328 e. The summed E-state index contributed by atoms with van der Waals surface area (Å²) in [6.45, 7) is 13.2. The van der Waals surface area contributed by atoms with E-state index >= 15 is 0 Å². The van der Waals surface area contributed by atoms with Crippen LogP contribution in [0.25, 0.3) is 0 Å². The highest BCUT2D eigenvalue weighted by molar-refractivity contribution is 5.97. The maximum absolute atomic E-state index is 13.3. The van der Waals surface area contributed by atoms with Crippen LogP contribution in [0.3, 0.4) is 0 Å². The average molecular weight is 694 g/mol. The molecule has 0 aliphatic carbocycles. The van der Waals surface area contributed by atoms with Gasteiger partial charge >= 0.3 is 11.9 Å². The molecule has 0 radical (unpaired) electrons. The lowest BCUT2D eigenvalue weighted by Gasteiger charge is -2.48. The number of aliphatic hydroxyl groups is 1. The summed E-state index contributed by atoms with van der Waals surface area (Å²) < 4.78 is 11.1. The number of piperazine rings is 1. The first-order valence-electron chi connectivity index (χ1n) is 16.1. The zero-order chi connectivity index (χ0) is 37.5. The number of hydrogen-bond acceptors (Lipinski definition) is 10. The Morgan fingerprint density at radius 1 is 1.08 bits per heavy atom. The number of ether oxygens (including phenoxy) is 2. The quantitative estimate of drug-likeness (QED) is 0.0941. The van der Waals surface area contributed by atoms with Gasteiger partial charge < -0.3 is 46.5 Å². The van der Waals surface area contributed by atoms with Gasteiger partial charge in [-0.3, -0.25) is 19.3 Å². The van der Waals surface area contributed by atoms with Crippen LogP contribution < -0.4 is 26.4 Å². The van der Waals surface area contributed by atoms with Gasteiger partial charge in [0.05, 0.1) is 30.4 Å². The monoisotopic (exact) mass is 693 g/mol. The van der Waals surface area contributed by atoms with Crippen LogP contribution in [0.2, 0.25) is 0 Å². The standard InChI is InChI=1S/C30H51N5O6.C4H4O4/c1-20(2)21(27(38)33-18-29(3,4)28(32)39)15-24(36)22(31)16-34-17-26(37)35(19-30(34,5)6)23-11-8-9-12-25(23)41-14-10-13-40-7;5-3(6)1-2-4(7)8/h8-9,11-12,20-22,24,36H,10,13-19,31H2,1-7H3,(H2,32,39)(H,33,38);1-2H,(H,5,6)(H,7,8)/b;2-1+. The first-order valence-corrected chi connectivity index (χ1v) is 16.1. The van der Waals surface area contributed by atoms with Gasteiger partial charge in [-0.05, 0) is 52.2 Å². The second kappa shape index (κ2) is 19.8. The summed E-state index contributed by atoms with van der Waals surface area (Å²) in [6.07, 6.45) is 1.04. The Kier molecular flexibility index (Phi) is 17.4. The first kappa shape index (κ1) is 43.0. The fourth-order valence-electron chi connectivity index (χ4n) is 4.92. The maximum Gasteiger partial charge on any atom is 0.328 e. The summed E-state index contributed by atoms with van der Waals surface area (Å²) in [5.74, 6) is -3.29. The summed E-state index contributed by atoms with van der Waals surface area (Å²) in [5, 5.41) is 29.5. The predicted octanol–water partition coefficient (Wildman–Crippen LogP) is 1.22.